The van der Waals surface area contributed by atoms with Crippen molar-refractivity contribution in [2.24, 2.45) is 22.4 Å². The van der Waals surface area contributed by atoms with E-state index in [1.807, 2.05) is 0 Å². The van der Waals surface area contributed by atoms with Crippen molar-refractivity contribution in [3.05, 3.63) is 22.2 Å². The van der Waals surface area contributed by atoms with Crippen LogP contribution in [0.2, 0.25) is 0 Å². The molecule has 5 nitrogen and oxygen atoms in total. The molecule has 2 saturated carbocycles. The lowest BCUT2D eigenvalue weighted by atomic mass is 9.90. The maximum absolute atomic E-state index is 12.3. The number of ether oxygens (including phenoxy) is 1. The first kappa shape index (κ1) is 16.3. The molecule has 0 unspecified atom stereocenters. The maximum atomic E-state index is 12.3. The molecule has 1 aromatic carbocycles. The lowest BCUT2D eigenvalue weighted by molar-refractivity contribution is -0.123. The average molecular weight is 381 g/mol. The number of carbonyl (C=O) groups excluding carboxylic acids is 1. The van der Waals surface area contributed by atoms with Crippen LogP contribution in [0.15, 0.2) is 21.7 Å². The molecule has 6 heteroatoms. The number of hydrazone groups is 1. The van der Waals surface area contributed by atoms with Crippen LogP contribution in [0.1, 0.15) is 38.2 Å². The van der Waals surface area contributed by atoms with Gasteiger partial charge in [-0.05, 0) is 57.8 Å². The molecule has 1 aromatic rings. The zero-order valence-electron chi connectivity index (χ0n) is 13.3. The third-order valence-corrected chi connectivity index (χ3v) is 5.88. The molecule has 0 aromatic heterocycles. The monoisotopic (exact) mass is 380 g/mol. The number of fused-ring (bicyclic) bond motifs is 1. The number of phenolic OH excluding ortho intramolecular Hbond substituents is 1. The van der Waals surface area contributed by atoms with Crippen molar-refractivity contribution in [3.63, 3.8) is 0 Å². The maximum Gasteiger partial charge on any atom is 0.244 e. The topological polar surface area (TPSA) is 70.9 Å². The number of hydrogen-bond donors (Lipinski definition) is 2. The van der Waals surface area contributed by atoms with Crippen molar-refractivity contribution in [2.75, 3.05) is 7.11 Å². The van der Waals surface area contributed by atoms with Crippen molar-refractivity contribution in [3.8, 4) is 11.5 Å². The molecule has 1 amide bonds. The van der Waals surface area contributed by atoms with Gasteiger partial charge in [0.25, 0.3) is 0 Å². The highest BCUT2D eigenvalue weighted by Crippen LogP contribution is 2.66. The Morgan fingerprint density at radius 1 is 1.52 bits per heavy atom. The van der Waals surface area contributed by atoms with Crippen molar-refractivity contribution in [1.29, 1.82) is 0 Å². The van der Waals surface area contributed by atoms with Gasteiger partial charge in [-0.1, -0.05) is 19.8 Å². The highest BCUT2D eigenvalue weighted by molar-refractivity contribution is 9.10. The summed E-state index contributed by atoms with van der Waals surface area (Å²) in [5, 5.41) is 13.8. The SMILES string of the molecule is COc1cc(C=NNC(=O)[C@@H]2[C@H]3CCCC[C@]32C)cc(Br)c1O. The zero-order valence-corrected chi connectivity index (χ0v) is 14.9. The molecule has 3 atom stereocenters. The fourth-order valence-corrected chi connectivity index (χ4v) is 4.37. The molecule has 0 spiro atoms. The fourth-order valence-electron chi connectivity index (χ4n) is 3.91. The molecule has 23 heavy (non-hydrogen) atoms. The molecular formula is C17H21BrN2O3. The predicted molar refractivity (Wildman–Crippen MR) is 91.7 cm³/mol. The molecule has 0 saturated heterocycles. The quantitative estimate of drug-likeness (QED) is 0.620. The van der Waals surface area contributed by atoms with Gasteiger partial charge in [-0.15, -0.1) is 0 Å². The molecule has 3 rings (SSSR count). The summed E-state index contributed by atoms with van der Waals surface area (Å²) >= 11 is 3.26. The normalized spacial score (nSPS) is 29.2. The Balaban J connectivity index is 1.63. The van der Waals surface area contributed by atoms with Crippen LogP contribution in [0.3, 0.4) is 0 Å². The number of benzene rings is 1. The number of carbonyl (C=O) groups is 1. The van der Waals surface area contributed by atoms with Gasteiger partial charge in [-0.25, -0.2) is 5.43 Å². The summed E-state index contributed by atoms with van der Waals surface area (Å²) in [5.74, 6) is 1.04. The van der Waals surface area contributed by atoms with E-state index in [2.05, 4.69) is 33.4 Å². The molecule has 2 fully saturated rings. The molecule has 124 valence electrons. The molecule has 0 bridgehead atoms. The van der Waals surface area contributed by atoms with E-state index in [-0.39, 0.29) is 23.0 Å². The van der Waals surface area contributed by atoms with E-state index in [9.17, 15) is 9.90 Å². The summed E-state index contributed by atoms with van der Waals surface area (Å²) in [4.78, 5) is 12.3. The summed E-state index contributed by atoms with van der Waals surface area (Å²) in [6.45, 7) is 2.22. The zero-order chi connectivity index (χ0) is 16.6. The Morgan fingerprint density at radius 3 is 2.96 bits per heavy atom. The largest absolute Gasteiger partial charge is 0.503 e. The van der Waals surface area contributed by atoms with Gasteiger partial charge in [-0.3, -0.25) is 4.79 Å². The first-order chi connectivity index (χ1) is 11.0. The highest BCUT2D eigenvalue weighted by Gasteiger charge is 2.64. The van der Waals surface area contributed by atoms with Crippen LogP contribution in [-0.4, -0.2) is 24.3 Å². The standard InChI is InChI=1S/C17H21BrN2O3/c1-17-6-4-3-5-11(17)14(17)16(22)20-19-9-10-7-12(18)15(21)13(8-10)23-2/h7-9,11,14,21H,3-6H2,1-2H3,(H,20,22)/t11-,14+,17-/m1/s1. The van der Waals surface area contributed by atoms with E-state index in [1.165, 1.54) is 20.0 Å². The van der Waals surface area contributed by atoms with Crippen LogP contribution in [-0.2, 0) is 4.79 Å². The van der Waals surface area contributed by atoms with Crippen LogP contribution < -0.4 is 10.2 Å². The summed E-state index contributed by atoms with van der Waals surface area (Å²) in [6, 6.07) is 3.37. The predicted octanol–water partition coefficient (Wildman–Crippen LogP) is 3.44. The van der Waals surface area contributed by atoms with Gasteiger partial charge in [-0.2, -0.15) is 5.10 Å². The Labute approximate surface area is 144 Å². The van der Waals surface area contributed by atoms with Gasteiger partial charge in [0.2, 0.25) is 5.91 Å². The summed E-state index contributed by atoms with van der Waals surface area (Å²) in [5.41, 5.74) is 3.57. The Morgan fingerprint density at radius 2 is 2.30 bits per heavy atom. The smallest absolute Gasteiger partial charge is 0.244 e. The van der Waals surface area contributed by atoms with Gasteiger partial charge in [0.05, 0.1) is 17.8 Å². The fraction of sp³-hybridized carbons (Fsp3) is 0.529. The van der Waals surface area contributed by atoms with Crippen LogP contribution in [0.5, 0.6) is 11.5 Å². The number of hydrogen-bond acceptors (Lipinski definition) is 4. The lowest BCUT2D eigenvalue weighted by Crippen LogP contribution is -2.22. The number of amides is 1. The first-order valence-electron chi connectivity index (χ1n) is 7.87. The number of halogens is 1. The molecule has 0 radical (unpaired) electrons. The second-order valence-electron chi connectivity index (χ2n) is 6.62. The Hall–Kier alpha value is -1.56. The summed E-state index contributed by atoms with van der Waals surface area (Å²) in [6.07, 6.45) is 6.30. The van der Waals surface area contributed by atoms with Crippen molar-refractivity contribution < 1.29 is 14.6 Å². The first-order valence-corrected chi connectivity index (χ1v) is 8.66. The van der Waals surface area contributed by atoms with Gasteiger partial charge < -0.3 is 9.84 Å². The average Bonchev–Trinajstić information content (AvgIpc) is 3.16. The Bertz CT molecular complexity index is 661. The molecule has 0 heterocycles. The minimum atomic E-state index is 0.0143. The molecule has 2 aliphatic carbocycles. The molecular weight excluding hydrogens is 360 g/mol. The van der Waals surface area contributed by atoms with Crippen LogP contribution >= 0.6 is 15.9 Å². The van der Waals surface area contributed by atoms with E-state index in [1.54, 1.807) is 18.3 Å². The minimum absolute atomic E-state index is 0.0143. The van der Waals surface area contributed by atoms with Crippen molar-refractivity contribution in [1.82, 2.24) is 5.43 Å². The number of nitrogens with one attached hydrogen (secondary N) is 1. The number of phenols is 1. The van der Waals surface area contributed by atoms with Crippen LogP contribution in [0.4, 0.5) is 0 Å². The third kappa shape index (κ3) is 2.96. The number of rotatable bonds is 4. The molecule has 0 aliphatic heterocycles. The van der Waals surface area contributed by atoms with Gasteiger partial charge in [0.1, 0.15) is 0 Å². The van der Waals surface area contributed by atoms with Crippen LogP contribution in [0.25, 0.3) is 0 Å². The van der Waals surface area contributed by atoms with Crippen molar-refractivity contribution >= 4 is 28.1 Å². The van der Waals surface area contributed by atoms with Gasteiger partial charge in [0.15, 0.2) is 11.5 Å². The van der Waals surface area contributed by atoms with Crippen LogP contribution in [0, 0.1) is 17.3 Å². The third-order valence-electron chi connectivity index (χ3n) is 5.27. The van der Waals surface area contributed by atoms with E-state index < -0.39 is 0 Å². The van der Waals surface area contributed by atoms with Crippen molar-refractivity contribution in [2.45, 2.75) is 32.6 Å². The molecule has 2 N–H and O–H groups in total. The second-order valence-corrected chi connectivity index (χ2v) is 7.48. The highest BCUT2D eigenvalue weighted by atomic mass is 79.9. The number of nitrogens with zero attached hydrogens (tertiary/aromatic N) is 1. The van der Waals surface area contributed by atoms with Gasteiger partial charge >= 0.3 is 0 Å². The van der Waals surface area contributed by atoms with E-state index in [0.29, 0.717) is 16.1 Å². The van der Waals surface area contributed by atoms with E-state index >= 15 is 0 Å². The lowest BCUT2D eigenvalue weighted by Gasteiger charge is -2.15. The number of aromatic hydroxyl groups is 1. The molecule has 2 aliphatic rings. The number of methoxy groups -OCH3 is 1. The van der Waals surface area contributed by atoms with E-state index in [0.717, 1.165) is 18.4 Å². The summed E-state index contributed by atoms with van der Waals surface area (Å²) < 4.78 is 5.61. The van der Waals surface area contributed by atoms with E-state index in [4.69, 9.17) is 4.74 Å². The van der Waals surface area contributed by atoms with Gasteiger partial charge in [0, 0.05) is 5.92 Å². The summed E-state index contributed by atoms with van der Waals surface area (Å²) in [7, 11) is 1.49. The Kier molecular flexibility index (Phi) is 4.36. The second kappa shape index (κ2) is 6.15. The minimum Gasteiger partial charge on any atom is -0.503 e.